The van der Waals surface area contributed by atoms with E-state index < -0.39 is 0 Å². The molecule has 0 bridgehead atoms. The Morgan fingerprint density at radius 3 is 2.43 bits per heavy atom. The van der Waals surface area contributed by atoms with E-state index in [2.05, 4.69) is 9.88 Å². The minimum atomic E-state index is 0.0228. The van der Waals surface area contributed by atoms with E-state index in [0.29, 0.717) is 12.3 Å². The van der Waals surface area contributed by atoms with Crippen LogP contribution in [0.25, 0.3) is 0 Å². The monoisotopic (exact) mass is 406 g/mol. The van der Waals surface area contributed by atoms with Crippen LogP contribution in [0.4, 0.5) is 0 Å². The molecule has 1 aliphatic heterocycles. The van der Waals surface area contributed by atoms with E-state index in [-0.39, 0.29) is 5.91 Å². The van der Waals surface area contributed by atoms with Gasteiger partial charge in [0.1, 0.15) is 9.88 Å². The first kappa shape index (κ1) is 21.2. The number of hydrogen-bond donors (Lipinski definition) is 0. The molecule has 1 saturated heterocycles. The zero-order valence-corrected chi connectivity index (χ0v) is 18.4. The highest BCUT2D eigenvalue weighted by Gasteiger charge is 2.24. The van der Waals surface area contributed by atoms with Crippen LogP contribution in [0.2, 0.25) is 0 Å². The van der Waals surface area contributed by atoms with Gasteiger partial charge in [-0.1, -0.05) is 32.1 Å². The van der Waals surface area contributed by atoms with Gasteiger partial charge in [-0.05, 0) is 19.3 Å². The van der Waals surface area contributed by atoms with Crippen LogP contribution in [0.15, 0.2) is 0 Å². The van der Waals surface area contributed by atoms with Crippen LogP contribution < -0.4 is 0 Å². The molecule has 1 aliphatic carbocycles. The molecule has 3 rings (SSSR count). The molecule has 2 fully saturated rings. The molecule has 0 atom stereocenters. The largest absolute Gasteiger partial charge is 0.344 e. The van der Waals surface area contributed by atoms with Crippen LogP contribution in [0, 0.1) is 12.8 Å². The molecule has 28 heavy (non-hydrogen) atoms. The van der Waals surface area contributed by atoms with Crippen LogP contribution in [0.3, 0.4) is 0 Å². The van der Waals surface area contributed by atoms with Crippen LogP contribution in [-0.4, -0.2) is 71.8 Å². The summed E-state index contributed by atoms with van der Waals surface area (Å²) < 4.78 is 0. The fourth-order valence-corrected chi connectivity index (χ4v) is 5.36. The van der Waals surface area contributed by atoms with Gasteiger partial charge in [-0.3, -0.25) is 14.5 Å². The second-order valence-electron chi connectivity index (χ2n) is 8.42. The van der Waals surface area contributed by atoms with Gasteiger partial charge in [0, 0.05) is 46.7 Å². The third kappa shape index (κ3) is 5.54. The molecule has 0 aromatic carbocycles. The number of carbonyl (C=O) groups is 2. The molecule has 2 aliphatic rings. The van der Waals surface area contributed by atoms with Crippen molar-refractivity contribution in [1.82, 2.24) is 19.7 Å². The van der Waals surface area contributed by atoms with Gasteiger partial charge < -0.3 is 9.80 Å². The Morgan fingerprint density at radius 1 is 1.11 bits per heavy atom. The fourth-order valence-electron chi connectivity index (χ4n) is 4.23. The number of nitrogens with zero attached hydrogens (tertiary/aromatic N) is 4. The first-order valence-electron chi connectivity index (χ1n) is 10.6. The molecule has 2 amide bonds. The van der Waals surface area contributed by atoms with Crippen molar-refractivity contribution in [2.75, 3.05) is 40.3 Å². The van der Waals surface area contributed by atoms with Crippen molar-refractivity contribution in [3.05, 3.63) is 15.6 Å². The quantitative estimate of drug-likeness (QED) is 0.728. The lowest BCUT2D eigenvalue weighted by atomic mass is 9.86. The van der Waals surface area contributed by atoms with Gasteiger partial charge in [0.2, 0.25) is 5.91 Å². The normalized spacial score (nSPS) is 19.0. The maximum Gasteiger partial charge on any atom is 0.265 e. The van der Waals surface area contributed by atoms with E-state index in [4.69, 9.17) is 0 Å². The summed E-state index contributed by atoms with van der Waals surface area (Å²) in [6.07, 6.45) is 8.47. The van der Waals surface area contributed by atoms with Crippen LogP contribution >= 0.6 is 11.3 Å². The molecule has 0 unspecified atom stereocenters. The molecule has 1 saturated carbocycles. The van der Waals surface area contributed by atoms with Crippen molar-refractivity contribution in [1.29, 1.82) is 0 Å². The van der Waals surface area contributed by atoms with Gasteiger partial charge >= 0.3 is 0 Å². The summed E-state index contributed by atoms with van der Waals surface area (Å²) >= 11 is 1.50. The lowest BCUT2D eigenvalue weighted by Gasteiger charge is -2.34. The minimum absolute atomic E-state index is 0.0228. The topological polar surface area (TPSA) is 56.8 Å². The van der Waals surface area contributed by atoms with Gasteiger partial charge in [0.05, 0.1) is 12.2 Å². The highest BCUT2D eigenvalue weighted by molar-refractivity contribution is 7.13. The van der Waals surface area contributed by atoms with Crippen LogP contribution in [0.1, 0.15) is 65.3 Å². The predicted molar refractivity (Wildman–Crippen MR) is 113 cm³/mol. The van der Waals surface area contributed by atoms with Crippen molar-refractivity contribution in [2.24, 2.45) is 5.92 Å². The van der Waals surface area contributed by atoms with Crippen LogP contribution in [-0.2, 0) is 11.3 Å². The predicted octanol–water partition coefficient (Wildman–Crippen LogP) is 3.16. The van der Waals surface area contributed by atoms with Crippen molar-refractivity contribution in [3.8, 4) is 0 Å². The average Bonchev–Trinajstić information content (AvgIpc) is 3.06. The second kappa shape index (κ2) is 9.83. The first-order chi connectivity index (χ1) is 13.4. The molecule has 0 spiro atoms. The Morgan fingerprint density at radius 2 is 1.79 bits per heavy atom. The third-order valence-corrected chi connectivity index (χ3v) is 7.15. The number of aromatic nitrogens is 1. The smallest absolute Gasteiger partial charge is 0.265 e. The van der Waals surface area contributed by atoms with Gasteiger partial charge in [-0.25, -0.2) is 4.98 Å². The molecule has 7 heteroatoms. The summed E-state index contributed by atoms with van der Waals surface area (Å²) in [5.74, 6) is 1.12. The highest BCUT2D eigenvalue weighted by atomic mass is 32.1. The molecule has 0 N–H and O–H groups in total. The molecule has 156 valence electrons. The molecular formula is C21H34N4O2S. The van der Waals surface area contributed by atoms with E-state index >= 15 is 0 Å². The Labute approximate surface area is 172 Å². The maximum absolute atomic E-state index is 12.5. The number of carbonyl (C=O) groups excluding carboxylic acids is 2. The Balaban J connectivity index is 1.43. The number of aryl methyl sites for hydroxylation is 1. The molecule has 0 radical (unpaired) electrons. The lowest BCUT2D eigenvalue weighted by molar-refractivity contribution is -0.133. The zero-order valence-electron chi connectivity index (χ0n) is 17.6. The molecule has 1 aromatic heterocycles. The van der Waals surface area contributed by atoms with E-state index in [1.165, 1.54) is 43.4 Å². The maximum atomic E-state index is 12.5. The number of piperazine rings is 1. The Bertz CT molecular complexity index is 674. The molecule has 1 aromatic rings. The van der Waals surface area contributed by atoms with Crippen molar-refractivity contribution >= 4 is 23.2 Å². The van der Waals surface area contributed by atoms with E-state index in [9.17, 15) is 9.59 Å². The zero-order chi connectivity index (χ0) is 20.1. The summed E-state index contributed by atoms with van der Waals surface area (Å²) in [4.78, 5) is 36.1. The van der Waals surface area contributed by atoms with Gasteiger partial charge in [0.25, 0.3) is 5.91 Å². The number of thiazole rings is 1. The van der Waals surface area contributed by atoms with Gasteiger partial charge in [0.15, 0.2) is 0 Å². The summed E-state index contributed by atoms with van der Waals surface area (Å²) in [6, 6.07) is 0. The van der Waals surface area contributed by atoms with Crippen LogP contribution in [0.5, 0.6) is 0 Å². The first-order valence-corrected chi connectivity index (χ1v) is 11.4. The van der Waals surface area contributed by atoms with Crippen molar-refractivity contribution < 1.29 is 9.59 Å². The summed E-state index contributed by atoms with van der Waals surface area (Å²) in [6.45, 7) is 6.03. The standard InChI is InChI=1S/C21H34N4O2S/c1-16-20(21(27)23(2)3)28-18(22-16)15-24-11-13-25(14-12-24)19(26)10-9-17-7-5-4-6-8-17/h17H,4-15H2,1-3H3. The summed E-state index contributed by atoms with van der Waals surface area (Å²) in [5.41, 5.74) is 0.815. The summed E-state index contributed by atoms with van der Waals surface area (Å²) in [7, 11) is 3.54. The van der Waals surface area contributed by atoms with Crippen molar-refractivity contribution in [2.45, 2.75) is 58.4 Å². The molecule has 2 heterocycles. The number of rotatable bonds is 6. The van der Waals surface area contributed by atoms with Gasteiger partial charge in [-0.2, -0.15) is 0 Å². The van der Waals surface area contributed by atoms with E-state index in [1.807, 2.05) is 11.8 Å². The molecule has 6 nitrogen and oxygen atoms in total. The second-order valence-corrected chi connectivity index (χ2v) is 9.50. The third-order valence-electron chi connectivity index (χ3n) is 6.02. The fraction of sp³-hybridized carbons (Fsp3) is 0.762. The minimum Gasteiger partial charge on any atom is -0.344 e. The van der Waals surface area contributed by atoms with E-state index in [1.54, 1.807) is 19.0 Å². The highest BCUT2D eigenvalue weighted by Crippen LogP contribution is 2.27. The average molecular weight is 407 g/mol. The SMILES string of the molecule is Cc1nc(CN2CCN(C(=O)CCC3CCCCC3)CC2)sc1C(=O)N(C)C. The Hall–Kier alpha value is -1.47. The van der Waals surface area contributed by atoms with Crippen molar-refractivity contribution in [3.63, 3.8) is 0 Å². The molecular weight excluding hydrogens is 372 g/mol. The number of hydrogen-bond acceptors (Lipinski definition) is 5. The van der Waals surface area contributed by atoms with Gasteiger partial charge in [-0.15, -0.1) is 11.3 Å². The Kier molecular flexibility index (Phi) is 7.46. The lowest BCUT2D eigenvalue weighted by Crippen LogP contribution is -2.48. The van der Waals surface area contributed by atoms with E-state index in [0.717, 1.165) is 60.6 Å². The summed E-state index contributed by atoms with van der Waals surface area (Å²) in [5, 5.41) is 0.986. The number of amides is 2.